The van der Waals surface area contributed by atoms with Crippen LogP contribution in [0.5, 0.6) is 0 Å². The highest BCUT2D eigenvalue weighted by atomic mass is 16.4. The Morgan fingerprint density at radius 2 is 1.82 bits per heavy atom. The molecule has 0 radical (unpaired) electrons. The van der Waals surface area contributed by atoms with Crippen molar-refractivity contribution in [2.45, 2.75) is 52.1 Å². The SMILES string of the molecule is CCC1(CC)CCN(CC(O)CC(=O)O)CC1. The van der Waals surface area contributed by atoms with Crippen LogP contribution in [0, 0.1) is 5.41 Å². The van der Waals surface area contributed by atoms with E-state index in [2.05, 4.69) is 18.7 Å². The van der Waals surface area contributed by atoms with Gasteiger partial charge < -0.3 is 15.1 Å². The highest BCUT2D eigenvalue weighted by molar-refractivity contribution is 5.67. The standard InChI is InChI=1S/C13H25NO3/c1-3-13(4-2)5-7-14(8-6-13)10-11(15)9-12(16)17/h11,15H,3-10H2,1-2H3,(H,16,17). The van der Waals surface area contributed by atoms with Crippen LogP contribution in [-0.2, 0) is 4.79 Å². The van der Waals surface area contributed by atoms with E-state index in [4.69, 9.17) is 5.11 Å². The van der Waals surface area contributed by atoms with Crippen LogP contribution in [0.4, 0.5) is 0 Å². The lowest BCUT2D eigenvalue weighted by Gasteiger charge is -2.41. The second kappa shape index (κ2) is 6.36. The molecule has 1 unspecified atom stereocenters. The maximum Gasteiger partial charge on any atom is 0.306 e. The lowest BCUT2D eigenvalue weighted by Crippen LogP contribution is -2.43. The summed E-state index contributed by atoms with van der Waals surface area (Å²) in [6.45, 7) is 6.96. The van der Waals surface area contributed by atoms with Gasteiger partial charge in [0.25, 0.3) is 0 Å². The second-order valence-corrected chi connectivity index (χ2v) is 5.26. The zero-order valence-electron chi connectivity index (χ0n) is 11.0. The van der Waals surface area contributed by atoms with E-state index in [0.29, 0.717) is 12.0 Å². The Balaban J connectivity index is 2.34. The Kier molecular flexibility index (Phi) is 5.40. The quantitative estimate of drug-likeness (QED) is 0.746. The van der Waals surface area contributed by atoms with Gasteiger partial charge in [-0.2, -0.15) is 0 Å². The fraction of sp³-hybridized carbons (Fsp3) is 0.923. The number of hydrogen-bond donors (Lipinski definition) is 2. The molecule has 0 amide bonds. The van der Waals surface area contributed by atoms with E-state index < -0.39 is 12.1 Å². The smallest absolute Gasteiger partial charge is 0.306 e. The second-order valence-electron chi connectivity index (χ2n) is 5.26. The summed E-state index contributed by atoms with van der Waals surface area (Å²) in [5.41, 5.74) is 0.480. The van der Waals surface area contributed by atoms with Crippen molar-refractivity contribution in [2.24, 2.45) is 5.41 Å². The number of carbonyl (C=O) groups is 1. The Hall–Kier alpha value is -0.610. The first-order valence-electron chi connectivity index (χ1n) is 6.63. The number of aliphatic carboxylic acids is 1. The summed E-state index contributed by atoms with van der Waals surface area (Å²) in [4.78, 5) is 12.7. The number of aliphatic hydroxyl groups is 1. The van der Waals surface area contributed by atoms with Crippen LogP contribution in [0.1, 0.15) is 46.0 Å². The summed E-state index contributed by atoms with van der Waals surface area (Å²) >= 11 is 0. The van der Waals surface area contributed by atoms with Crippen LogP contribution in [0.15, 0.2) is 0 Å². The van der Waals surface area contributed by atoms with E-state index in [-0.39, 0.29) is 6.42 Å². The Morgan fingerprint density at radius 1 is 1.29 bits per heavy atom. The minimum Gasteiger partial charge on any atom is -0.481 e. The van der Waals surface area contributed by atoms with E-state index >= 15 is 0 Å². The number of nitrogens with zero attached hydrogens (tertiary/aromatic N) is 1. The molecule has 1 fully saturated rings. The summed E-state index contributed by atoms with van der Waals surface area (Å²) in [6.07, 6.45) is 3.88. The van der Waals surface area contributed by atoms with Gasteiger partial charge in [0, 0.05) is 6.54 Å². The molecule has 1 aliphatic heterocycles. The Labute approximate surface area is 104 Å². The molecule has 4 heteroatoms. The molecule has 1 rings (SSSR count). The van der Waals surface area contributed by atoms with Crippen molar-refractivity contribution in [2.75, 3.05) is 19.6 Å². The third-order valence-electron chi connectivity index (χ3n) is 4.30. The number of carboxylic acids is 1. The first kappa shape index (κ1) is 14.5. The maximum absolute atomic E-state index is 10.5. The third-order valence-corrected chi connectivity index (χ3v) is 4.30. The molecule has 0 spiro atoms. The molecule has 17 heavy (non-hydrogen) atoms. The summed E-state index contributed by atoms with van der Waals surface area (Å²) in [5.74, 6) is -0.925. The summed E-state index contributed by atoms with van der Waals surface area (Å²) < 4.78 is 0. The van der Waals surface area contributed by atoms with E-state index in [1.54, 1.807) is 0 Å². The number of hydrogen-bond acceptors (Lipinski definition) is 3. The van der Waals surface area contributed by atoms with E-state index in [1.807, 2.05) is 0 Å². The van der Waals surface area contributed by atoms with Crippen molar-refractivity contribution in [1.82, 2.24) is 4.90 Å². The molecule has 1 atom stereocenters. The van der Waals surface area contributed by atoms with Gasteiger partial charge in [0.2, 0.25) is 0 Å². The molecule has 0 aliphatic carbocycles. The van der Waals surface area contributed by atoms with Crippen molar-refractivity contribution < 1.29 is 15.0 Å². The first-order chi connectivity index (χ1) is 8.01. The van der Waals surface area contributed by atoms with Crippen molar-refractivity contribution >= 4 is 5.97 Å². The van der Waals surface area contributed by atoms with E-state index in [9.17, 15) is 9.90 Å². The fourth-order valence-corrected chi connectivity index (χ4v) is 2.73. The normalized spacial score (nSPS) is 22.3. The van der Waals surface area contributed by atoms with Crippen molar-refractivity contribution in [3.05, 3.63) is 0 Å². The number of likely N-dealkylation sites (tertiary alicyclic amines) is 1. The molecular formula is C13H25NO3. The van der Waals surface area contributed by atoms with Gasteiger partial charge in [-0.25, -0.2) is 0 Å². The minimum atomic E-state index is -0.925. The van der Waals surface area contributed by atoms with Crippen LogP contribution >= 0.6 is 0 Å². The molecule has 0 aromatic heterocycles. The van der Waals surface area contributed by atoms with Gasteiger partial charge in [0.1, 0.15) is 0 Å². The molecular weight excluding hydrogens is 218 g/mol. The average molecular weight is 243 g/mol. The number of rotatable bonds is 6. The van der Waals surface area contributed by atoms with Gasteiger partial charge >= 0.3 is 5.97 Å². The molecule has 0 aromatic carbocycles. The van der Waals surface area contributed by atoms with Crippen molar-refractivity contribution in [3.63, 3.8) is 0 Å². The monoisotopic (exact) mass is 243 g/mol. The van der Waals surface area contributed by atoms with E-state index in [1.165, 1.54) is 25.7 Å². The van der Waals surface area contributed by atoms with Crippen LogP contribution in [0.3, 0.4) is 0 Å². The molecule has 0 aromatic rings. The number of piperidine rings is 1. The largest absolute Gasteiger partial charge is 0.481 e. The topological polar surface area (TPSA) is 60.8 Å². The molecule has 4 nitrogen and oxygen atoms in total. The lowest BCUT2D eigenvalue weighted by atomic mass is 9.74. The molecule has 0 bridgehead atoms. The van der Waals surface area contributed by atoms with Gasteiger partial charge in [-0.05, 0) is 31.3 Å². The number of aliphatic hydroxyl groups excluding tert-OH is 1. The number of carboxylic acid groups (broad SMARTS) is 1. The van der Waals surface area contributed by atoms with Crippen LogP contribution in [-0.4, -0.2) is 46.8 Å². The van der Waals surface area contributed by atoms with Gasteiger partial charge in [0.15, 0.2) is 0 Å². The Morgan fingerprint density at radius 3 is 2.24 bits per heavy atom. The van der Waals surface area contributed by atoms with Gasteiger partial charge in [0.05, 0.1) is 12.5 Å². The van der Waals surface area contributed by atoms with Gasteiger partial charge in [-0.1, -0.05) is 26.7 Å². The first-order valence-corrected chi connectivity index (χ1v) is 6.63. The molecule has 2 N–H and O–H groups in total. The summed E-state index contributed by atoms with van der Waals surface area (Å²) in [6, 6.07) is 0. The highest BCUT2D eigenvalue weighted by Crippen LogP contribution is 2.37. The third kappa shape index (κ3) is 4.28. The van der Waals surface area contributed by atoms with E-state index in [0.717, 1.165) is 13.1 Å². The van der Waals surface area contributed by atoms with Crippen LogP contribution in [0.25, 0.3) is 0 Å². The fourth-order valence-electron chi connectivity index (χ4n) is 2.73. The zero-order chi connectivity index (χ0) is 12.9. The van der Waals surface area contributed by atoms with Crippen LogP contribution in [0.2, 0.25) is 0 Å². The minimum absolute atomic E-state index is 0.150. The zero-order valence-corrected chi connectivity index (χ0v) is 11.0. The molecule has 1 aliphatic rings. The molecule has 100 valence electrons. The van der Waals surface area contributed by atoms with Crippen molar-refractivity contribution in [3.8, 4) is 0 Å². The van der Waals surface area contributed by atoms with Gasteiger partial charge in [-0.15, -0.1) is 0 Å². The Bertz CT molecular complexity index is 241. The highest BCUT2D eigenvalue weighted by Gasteiger charge is 2.31. The predicted molar refractivity (Wildman–Crippen MR) is 66.9 cm³/mol. The maximum atomic E-state index is 10.5. The molecule has 1 saturated heterocycles. The summed E-state index contributed by atoms with van der Waals surface area (Å²) in [5, 5.41) is 18.2. The average Bonchev–Trinajstić information content (AvgIpc) is 2.29. The number of β-amino-alcohol motifs (C(OH)–C–C–N with tert-alkyl or cyclic N) is 1. The van der Waals surface area contributed by atoms with Crippen LogP contribution < -0.4 is 0 Å². The van der Waals surface area contributed by atoms with Crippen molar-refractivity contribution in [1.29, 1.82) is 0 Å². The lowest BCUT2D eigenvalue weighted by molar-refractivity contribution is -0.139. The summed E-state index contributed by atoms with van der Waals surface area (Å²) in [7, 11) is 0. The molecule has 0 saturated carbocycles. The molecule has 1 heterocycles. The van der Waals surface area contributed by atoms with Gasteiger partial charge in [-0.3, -0.25) is 4.79 Å². The predicted octanol–water partition coefficient (Wildman–Crippen LogP) is 1.72.